The first kappa shape index (κ1) is 15.2. The number of hydrogen-bond donors (Lipinski definition) is 1. The number of rotatable bonds is 5. The molecule has 1 aromatic carbocycles. The highest BCUT2D eigenvalue weighted by Gasteiger charge is 2.18. The van der Waals surface area contributed by atoms with E-state index in [1.807, 2.05) is 50.2 Å². The van der Waals surface area contributed by atoms with Gasteiger partial charge in [-0.25, -0.2) is 0 Å². The summed E-state index contributed by atoms with van der Waals surface area (Å²) in [4.78, 5) is 18.8. The molecular weight excluding hydrogens is 262 g/mol. The highest BCUT2D eigenvalue weighted by Crippen LogP contribution is 2.21. The molecule has 0 saturated heterocycles. The van der Waals surface area contributed by atoms with Crippen LogP contribution in [0.15, 0.2) is 42.6 Å². The zero-order chi connectivity index (χ0) is 15.2. The monoisotopic (exact) mass is 283 g/mol. The highest BCUT2D eigenvalue weighted by molar-refractivity contribution is 6.06. The molecule has 4 nitrogen and oxygen atoms in total. The molecule has 0 saturated carbocycles. The molecule has 1 amide bonds. The summed E-state index contributed by atoms with van der Waals surface area (Å²) in [5.41, 5.74) is 9.10. The zero-order valence-electron chi connectivity index (χ0n) is 12.5. The predicted molar refractivity (Wildman–Crippen MR) is 85.5 cm³/mol. The Morgan fingerprint density at radius 1 is 1.19 bits per heavy atom. The van der Waals surface area contributed by atoms with Crippen molar-refractivity contribution in [3.8, 4) is 0 Å². The van der Waals surface area contributed by atoms with Crippen LogP contribution >= 0.6 is 0 Å². The number of pyridine rings is 1. The van der Waals surface area contributed by atoms with Crippen molar-refractivity contribution in [2.75, 3.05) is 18.0 Å². The molecule has 110 valence electrons. The molecule has 2 aromatic rings. The second-order valence-electron chi connectivity index (χ2n) is 5.07. The Morgan fingerprint density at radius 2 is 1.95 bits per heavy atom. The molecule has 4 heteroatoms. The third-order valence-corrected chi connectivity index (χ3v) is 3.40. The van der Waals surface area contributed by atoms with Gasteiger partial charge in [0.25, 0.3) is 5.91 Å². The molecule has 2 rings (SSSR count). The number of aromatic nitrogens is 1. The molecule has 1 aromatic heterocycles. The Labute approximate surface area is 125 Å². The Morgan fingerprint density at radius 3 is 2.57 bits per heavy atom. The third-order valence-electron chi connectivity index (χ3n) is 3.40. The van der Waals surface area contributed by atoms with Gasteiger partial charge in [0.1, 0.15) is 0 Å². The summed E-state index contributed by atoms with van der Waals surface area (Å²) in [6, 6.07) is 11.6. The van der Waals surface area contributed by atoms with E-state index >= 15 is 0 Å². The third kappa shape index (κ3) is 3.67. The quantitative estimate of drug-likeness (QED) is 0.917. The summed E-state index contributed by atoms with van der Waals surface area (Å²) in [6.45, 7) is 5.07. The van der Waals surface area contributed by atoms with Gasteiger partial charge in [0.05, 0.1) is 5.56 Å². The van der Waals surface area contributed by atoms with E-state index in [1.54, 1.807) is 11.1 Å². The first-order chi connectivity index (χ1) is 10.1. The van der Waals surface area contributed by atoms with Crippen molar-refractivity contribution in [1.82, 2.24) is 4.98 Å². The van der Waals surface area contributed by atoms with Crippen LogP contribution in [0.5, 0.6) is 0 Å². The summed E-state index contributed by atoms with van der Waals surface area (Å²) < 4.78 is 0. The van der Waals surface area contributed by atoms with Gasteiger partial charge < -0.3 is 10.6 Å². The smallest absolute Gasteiger partial charge is 0.259 e. The number of aryl methyl sites for hydroxylation is 2. The van der Waals surface area contributed by atoms with Crippen molar-refractivity contribution >= 4 is 11.6 Å². The van der Waals surface area contributed by atoms with E-state index in [4.69, 9.17) is 5.73 Å². The lowest BCUT2D eigenvalue weighted by Crippen LogP contribution is -2.33. The fraction of sp³-hybridized carbons (Fsp3) is 0.294. The zero-order valence-corrected chi connectivity index (χ0v) is 12.5. The minimum atomic E-state index is -0.0368. The van der Waals surface area contributed by atoms with Crippen molar-refractivity contribution < 1.29 is 4.79 Å². The summed E-state index contributed by atoms with van der Waals surface area (Å²) in [5, 5.41) is 0. The second kappa shape index (κ2) is 6.99. The van der Waals surface area contributed by atoms with Crippen LogP contribution in [0.1, 0.15) is 28.0 Å². The summed E-state index contributed by atoms with van der Waals surface area (Å²) in [5.74, 6) is -0.0368. The number of nitrogens with two attached hydrogens (primary N) is 1. The Balaban J connectivity index is 2.33. The minimum absolute atomic E-state index is 0.0368. The van der Waals surface area contributed by atoms with E-state index in [-0.39, 0.29) is 5.91 Å². The van der Waals surface area contributed by atoms with Crippen molar-refractivity contribution in [2.24, 2.45) is 5.73 Å². The summed E-state index contributed by atoms with van der Waals surface area (Å²) >= 11 is 0. The molecule has 0 radical (unpaired) electrons. The van der Waals surface area contributed by atoms with Gasteiger partial charge in [-0.05, 0) is 50.6 Å². The fourth-order valence-electron chi connectivity index (χ4n) is 2.20. The number of benzene rings is 1. The van der Waals surface area contributed by atoms with E-state index in [2.05, 4.69) is 4.98 Å². The van der Waals surface area contributed by atoms with Crippen LogP contribution in [-0.4, -0.2) is 24.0 Å². The van der Waals surface area contributed by atoms with Gasteiger partial charge in [0.2, 0.25) is 0 Å². The van der Waals surface area contributed by atoms with Gasteiger partial charge >= 0.3 is 0 Å². The number of hydrogen-bond acceptors (Lipinski definition) is 3. The van der Waals surface area contributed by atoms with Crippen LogP contribution in [0, 0.1) is 13.8 Å². The largest absolute Gasteiger partial charge is 0.330 e. The van der Waals surface area contributed by atoms with Gasteiger partial charge in [0, 0.05) is 24.1 Å². The number of carbonyl (C=O) groups is 1. The molecule has 0 atom stereocenters. The molecule has 0 aliphatic rings. The fourth-order valence-corrected chi connectivity index (χ4v) is 2.20. The maximum atomic E-state index is 12.8. The average Bonchev–Trinajstić information content (AvgIpc) is 2.50. The molecule has 2 N–H and O–H groups in total. The number of anilines is 1. The summed E-state index contributed by atoms with van der Waals surface area (Å²) in [7, 11) is 0. The van der Waals surface area contributed by atoms with E-state index in [0.29, 0.717) is 18.7 Å². The maximum absolute atomic E-state index is 12.8. The van der Waals surface area contributed by atoms with Crippen molar-refractivity contribution in [3.63, 3.8) is 0 Å². The average molecular weight is 283 g/mol. The van der Waals surface area contributed by atoms with Gasteiger partial charge in [-0.15, -0.1) is 0 Å². The SMILES string of the molecule is Cc1ccc(C(=O)N(CCCN)c2ccccc2C)cn1. The first-order valence-electron chi connectivity index (χ1n) is 7.13. The lowest BCUT2D eigenvalue weighted by atomic mass is 10.1. The van der Waals surface area contributed by atoms with E-state index in [1.165, 1.54) is 0 Å². The second-order valence-corrected chi connectivity index (χ2v) is 5.07. The van der Waals surface area contributed by atoms with Gasteiger partial charge in [0.15, 0.2) is 0 Å². The summed E-state index contributed by atoms with van der Waals surface area (Å²) in [6.07, 6.45) is 2.39. The lowest BCUT2D eigenvalue weighted by Gasteiger charge is -2.24. The number of amides is 1. The Kier molecular flexibility index (Phi) is 5.06. The molecule has 0 unspecified atom stereocenters. The van der Waals surface area contributed by atoms with Gasteiger partial charge in [-0.3, -0.25) is 9.78 Å². The van der Waals surface area contributed by atoms with Crippen LogP contribution in [-0.2, 0) is 0 Å². The van der Waals surface area contributed by atoms with E-state index in [9.17, 15) is 4.79 Å². The molecule has 0 bridgehead atoms. The number of carbonyl (C=O) groups excluding carboxylic acids is 1. The van der Waals surface area contributed by atoms with Crippen LogP contribution in [0.25, 0.3) is 0 Å². The van der Waals surface area contributed by atoms with Crippen molar-refractivity contribution in [3.05, 3.63) is 59.4 Å². The standard InChI is InChI=1S/C17H21N3O/c1-13-6-3-4-7-16(13)20(11-5-10-18)17(21)15-9-8-14(2)19-12-15/h3-4,6-9,12H,5,10-11,18H2,1-2H3. The topological polar surface area (TPSA) is 59.2 Å². The predicted octanol–water partition coefficient (Wildman–Crippen LogP) is 2.69. The highest BCUT2D eigenvalue weighted by atomic mass is 16.2. The van der Waals surface area contributed by atoms with Crippen LogP contribution in [0.3, 0.4) is 0 Å². The van der Waals surface area contributed by atoms with Crippen molar-refractivity contribution in [2.45, 2.75) is 20.3 Å². The number of nitrogens with zero attached hydrogens (tertiary/aromatic N) is 2. The maximum Gasteiger partial charge on any atom is 0.259 e. The van der Waals surface area contributed by atoms with Gasteiger partial charge in [-0.1, -0.05) is 18.2 Å². The lowest BCUT2D eigenvalue weighted by molar-refractivity contribution is 0.0986. The first-order valence-corrected chi connectivity index (χ1v) is 7.13. The normalized spacial score (nSPS) is 10.4. The molecule has 1 heterocycles. The molecule has 0 spiro atoms. The van der Waals surface area contributed by atoms with Crippen LogP contribution in [0.4, 0.5) is 5.69 Å². The molecule has 0 fully saturated rings. The van der Waals surface area contributed by atoms with Crippen LogP contribution < -0.4 is 10.6 Å². The minimum Gasteiger partial charge on any atom is -0.330 e. The Bertz CT molecular complexity index is 608. The molecule has 0 aliphatic heterocycles. The Hall–Kier alpha value is -2.20. The number of para-hydroxylation sites is 1. The van der Waals surface area contributed by atoms with Crippen molar-refractivity contribution in [1.29, 1.82) is 0 Å². The molecular formula is C17H21N3O. The van der Waals surface area contributed by atoms with Gasteiger partial charge in [-0.2, -0.15) is 0 Å². The van der Waals surface area contributed by atoms with E-state index in [0.717, 1.165) is 23.4 Å². The van der Waals surface area contributed by atoms with Crippen LogP contribution in [0.2, 0.25) is 0 Å². The molecule has 0 aliphatic carbocycles. The van der Waals surface area contributed by atoms with E-state index < -0.39 is 0 Å². The molecule has 21 heavy (non-hydrogen) atoms.